The first-order chi connectivity index (χ1) is 6.45. The van der Waals surface area contributed by atoms with E-state index < -0.39 is 11.8 Å². The zero-order valence-corrected chi connectivity index (χ0v) is 8.55. The quantitative estimate of drug-likeness (QED) is 0.604. The molecule has 0 fully saturated rings. The Morgan fingerprint density at radius 1 is 1.29 bits per heavy atom. The van der Waals surface area contributed by atoms with Crippen LogP contribution in [0.1, 0.15) is 21.5 Å². The highest BCUT2D eigenvalue weighted by atomic mass is 35.5. The summed E-state index contributed by atoms with van der Waals surface area (Å²) >= 11 is 5.79. The molecule has 0 aromatic heterocycles. The minimum atomic E-state index is -1.46. The van der Waals surface area contributed by atoms with Gasteiger partial charge in [-0.05, 0) is 31.0 Å². The minimum Gasteiger partial charge on any atom is -0.475 e. The predicted molar refractivity (Wildman–Crippen MR) is 52.9 cm³/mol. The average Bonchev–Trinajstić information content (AvgIpc) is 2.12. The first kappa shape index (κ1) is 10.7. The highest BCUT2D eigenvalue weighted by molar-refractivity contribution is 6.41. The van der Waals surface area contributed by atoms with E-state index in [1.54, 1.807) is 26.0 Å². The summed E-state index contributed by atoms with van der Waals surface area (Å²) in [5, 5.41) is 8.99. The van der Waals surface area contributed by atoms with E-state index >= 15 is 0 Å². The topological polar surface area (TPSA) is 54.4 Å². The third kappa shape index (κ3) is 1.77. The molecule has 4 heteroatoms. The van der Waals surface area contributed by atoms with Crippen molar-refractivity contribution in [3.63, 3.8) is 0 Å². The van der Waals surface area contributed by atoms with Crippen molar-refractivity contribution >= 4 is 23.4 Å². The number of halogens is 1. The van der Waals surface area contributed by atoms with E-state index in [2.05, 4.69) is 0 Å². The van der Waals surface area contributed by atoms with E-state index in [-0.39, 0.29) is 5.56 Å². The molecule has 74 valence electrons. The number of ketones is 1. The van der Waals surface area contributed by atoms with Gasteiger partial charge in [-0.25, -0.2) is 4.79 Å². The van der Waals surface area contributed by atoms with Gasteiger partial charge in [-0.2, -0.15) is 0 Å². The Balaban J connectivity index is 3.40. The van der Waals surface area contributed by atoms with Crippen molar-refractivity contribution in [3.05, 3.63) is 33.8 Å². The molecule has 0 spiro atoms. The zero-order chi connectivity index (χ0) is 10.9. The number of benzene rings is 1. The van der Waals surface area contributed by atoms with Crippen LogP contribution >= 0.6 is 11.6 Å². The molecule has 0 unspecified atom stereocenters. The highest BCUT2D eigenvalue weighted by Gasteiger charge is 2.20. The van der Waals surface area contributed by atoms with Crippen molar-refractivity contribution in [2.45, 2.75) is 13.8 Å². The number of hydrogen-bond donors (Lipinski definition) is 1. The van der Waals surface area contributed by atoms with Gasteiger partial charge in [0.15, 0.2) is 0 Å². The van der Waals surface area contributed by atoms with Gasteiger partial charge in [0.1, 0.15) is 0 Å². The largest absolute Gasteiger partial charge is 0.475 e. The van der Waals surface area contributed by atoms with Gasteiger partial charge in [0.25, 0.3) is 5.78 Å². The van der Waals surface area contributed by atoms with Gasteiger partial charge in [0, 0.05) is 10.6 Å². The number of carbonyl (C=O) groups excluding carboxylic acids is 1. The molecule has 0 aliphatic carbocycles. The van der Waals surface area contributed by atoms with E-state index in [4.69, 9.17) is 16.7 Å². The lowest BCUT2D eigenvalue weighted by atomic mass is 9.99. The fourth-order valence-corrected chi connectivity index (χ4v) is 1.44. The van der Waals surface area contributed by atoms with Gasteiger partial charge in [-0.1, -0.05) is 17.7 Å². The van der Waals surface area contributed by atoms with Crippen molar-refractivity contribution in [3.8, 4) is 0 Å². The van der Waals surface area contributed by atoms with Crippen LogP contribution in [0, 0.1) is 13.8 Å². The summed E-state index contributed by atoms with van der Waals surface area (Å²) in [6, 6.07) is 3.27. The van der Waals surface area contributed by atoms with Gasteiger partial charge in [-0.3, -0.25) is 4.79 Å². The standard InChI is InChI=1S/C10H9ClO3/c1-5-3-4-7(11)6(2)8(5)9(12)10(13)14/h3-4H,1-2H3,(H,13,14). The number of carboxylic acids is 1. The molecule has 3 nitrogen and oxygen atoms in total. The molecule has 0 bridgehead atoms. The Morgan fingerprint density at radius 2 is 1.86 bits per heavy atom. The smallest absolute Gasteiger partial charge is 0.377 e. The molecule has 14 heavy (non-hydrogen) atoms. The third-order valence-corrected chi connectivity index (χ3v) is 2.44. The molecule has 0 radical (unpaired) electrons. The van der Waals surface area contributed by atoms with Crippen molar-refractivity contribution in [1.29, 1.82) is 0 Å². The monoisotopic (exact) mass is 212 g/mol. The van der Waals surface area contributed by atoms with Crippen molar-refractivity contribution < 1.29 is 14.7 Å². The number of Topliss-reactive ketones (excluding diaryl/α,β-unsaturated/α-hetero) is 1. The van der Waals surface area contributed by atoms with E-state index in [1.165, 1.54) is 0 Å². The second kappa shape index (κ2) is 3.80. The molecule has 0 saturated carbocycles. The Labute approximate surface area is 86.3 Å². The van der Waals surface area contributed by atoms with Crippen LogP contribution in [0.5, 0.6) is 0 Å². The molecular formula is C10H9ClO3. The van der Waals surface area contributed by atoms with Crippen LogP contribution in [0.25, 0.3) is 0 Å². The van der Waals surface area contributed by atoms with Gasteiger partial charge < -0.3 is 5.11 Å². The lowest BCUT2D eigenvalue weighted by Crippen LogP contribution is -2.15. The molecule has 0 aliphatic heterocycles. The molecular weight excluding hydrogens is 204 g/mol. The van der Waals surface area contributed by atoms with Crippen LogP contribution in [0.4, 0.5) is 0 Å². The van der Waals surface area contributed by atoms with Crippen molar-refractivity contribution in [1.82, 2.24) is 0 Å². The fourth-order valence-electron chi connectivity index (χ4n) is 1.28. The Morgan fingerprint density at radius 3 is 2.36 bits per heavy atom. The summed E-state index contributed by atoms with van der Waals surface area (Å²) in [7, 11) is 0. The number of carbonyl (C=O) groups is 2. The molecule has 1 aromatic carbocycles. The van der Waals surface area contributed by atoms with Crippen LogP contribution in [0.15, 0.2) is 12.1 Å². The number of rotatable bonds is 2. The first-order valence-corrected chi connectivity index (χ1v) is 4.36. The van der Waals surface area contributed by atoms with Crippen LogP contribution in [-0.4, -0.2) is 16.9 Å². The SMILES string of the molecule is Cc1ccc(Cl)c(C)c1C(=O)C(=O)O. The zero-order valence-electron chi connectivity index (χ0n) is 7.80. The lowest BCUT2D eigenvalue weighted by molar-refractivity contribution is -0.131. The summed E-state index contributed by atoms with van der Waals surface area (Å²) in [5.74, 6) is -2.37. The van der Waals surface area contributed by atoms with Crippen LogP contribution in [0.3, 0.4) is 0 Å². The van der Waals surface area contributed by atoms with Gasteiger partial charge in [-0.15, -0.1) is 0 Å². The van der Waals surface area contributed by atoms with Gasteiger partial charge in [0.05, 0.1) is 0 Å². The number of hydrogen-bond acceptors (Lipinski definition) is 2. The van der Waals surface area contributed by atoms with Crippen molar-refractivity contribution in [2.75, 3.05) is 0 Å². The summed E-state index contributed by atoms with van der Waals surface area (Å²) in [5.41, 5.74) is 1.32. The first-order valence-electron chi connectivity index (χ1n) is 3.98. The van der Waals surface area contributed by atoms with E-state index in [0.29, 0.717) is 16.1 Å². The maximum Gasteiger partial charge on any atom is 0.377 e. The maximum absolute atomic E-state index is 11.3. The minimum absolute atomic E-state index is 0.185. The Hall–Kier alpha value is -1.35. The molecule has 0 heterocycles. The van der Waals surface area contributed by atoms with Gasteiger partial charge in [0.2, 0.25) is 0 Å². The average molecular weight is 213 g/mol. The molecule has 1 aromatic rings. The van der Waals surface area contributed by atoms with E-state index in [0.717, 1.165) is 0 Å². The molecule has 0 saturated heterocycles. The van der Waals surface area contributed by atoms with Crippen LogP contribution in [-0.2, 0) is 4.79 Å². The molecule has 0 atom stereocenters. The number of carboxylic acid groups (broad SMARTS) is 1. The summed E-state index contributed by atoms with van der Waals surface area (Å²) in [6.45, 7) is 3.31. The normalized spacial score (nSPS) is 9.93. The molecule has 1 rings (SSSR count). The van der Waals surface area contributed by atoms with Crippen LogP contribution in [0.2, 0.25) is 5.02 Å². The lowest BCUT2D eigenvalue weighted by Gasteiger charge is -2.07. The van der Waals surface area contributed by atoms with E-state index in [9.17, 15) is 9.59 Å². The summed E-state index contributed by atoms with van der Waals surface area (Å²) < 4.78 is 0. The van der Waals surface area contributed by atoms with E-state index in [1.807, 2.05) is 0 Å². The van der Waals surface area contributed by atoms with Gasteiger partial charge >= 0.3 is 5.97 Å². The molecule has 0 amide bonds. The second-order valence-corrected chi connectivity index (χ2v) is 3.41. The highest BCUT2D eigenvalue weighted by Crippen LogP contribution is 2.22. The fraction of sp³-hybridized carbons (Fsp3) is 0.200. The Bertz CT molecular complexity index is 410. The second-order valence-electron chi connectivity index (χ2n) is 3.00. The number of aliphatic carboxylic acids is 1. The predicted octanol–water partition coefficient (Wildman–Crippen LogP) is 2.22. The third-order valence-electron chi connectivity index (χ3n) is 2.03. The van der Waals surface area contributed by atoms with Crippen LogP contribution < -0.4 is 0 Å². The molecule has 0 aliphatic rings. The molecule has 1 N–H and O–H groups in total. The summed E-state index contributed by atoms with van der Waals surface area (Å²) in [6.07, 6.45) is 0. The maximum atomic E-state index is 11.3. The number of aryl methyl sites for hydroxylation is 1. The Kier molecular flexibility index (Phi) is 2.91. The summed E-state index contributed by atoms with van der Waals surface area (Å²) in [4.78, 5) is 21.8. The van der Waals surface area contributed by atoms with Crippen molar-refractivity contribution in [2.24, 2.45) is 0 Å².